The molecular formula is C8H11ClF3NO2. The fourth-order valence-electron chi connectivity index (χ4n) is 1.40. The Morgan fingerprint density at radius 1 is 1.53 bits per heavy atom. The first-order valence-corrected chi connectivity index (χ1v) is 4.72. The van der Waals surface area contributed by atoms with Gasteiger partial charge in [-0.05, 0) is 6.92 Å². The van der Waals surface area contributed by atoms with Crippen LogP contribution in [0.25, 0.3) is 0 Å². The molecule has 0 aliphatic carbocycles. The molecule has 1 atom stereocenters. The summed E-state index contributed by atoms with van der Waals surface area (Å²) < 4.78 is 41.9. The third kappa shape index (κ3) is 2.06. The van der Waals surface area contributed by atoms with Gasteiger partial charge in [-0.25, -0.2) is 0 Å². The minimum absolute atomic E-state index is 0.483. The quantitative estimate of drug-likeness (QED) is 0.689. The molecule has 1 rings (SSSR count). The first-order valence-electron chi connectivity index (χ1n) is 4.28. The number of hydrogen-bond donors (Lipinski definition) is 0. The van der Waals surface area contributed by atoms with Crippen LogP contribution in [0.1, 0.15) is 6.92 Å². The van der Waals surface area contributed by atoms with Crippen molar-refractivity contribution in [3.63, 3.8) is 0 Å². The van der Waals surface area contributed by atoms with E-state index >= 15 is 0 Å². The van der Waals surface area contributed by atoms with Crippen molar-refractivity contribution in [2.75, 3.05) is 20.2 Å². The highest BCUT2D eigenvalue weighted by Gasteiger charge is 2.63. The maximum absolute atomic E-state index is 12.5. The predicted octanol–water partition coefficient (Wildman–Crippen LogP) is 1.40. The number of rotatable bonds is 2. The Morgan fingerprint density at radius 3 is 2.27 bits per heavy atom. The summed E-state index contributed by atoms with van der Waals surface area (Å²) in [6.45, 7) is 0.454. The van der Waals surface area contributed by atoms with E-state index in [-0.39, 0.29) is 0 Å². The second kappa shape index (κ2) is 3.83. The zero-order valence-electron chi connectivity index (χ0n) is 8.27. The minimum Gasteiger partial charge on any atom is -0.365 e. The molecule has 0 radical (unpaired) electrons. The van der Waals surface area contributed by atoms with Crippen LogP contribution in [0, 0.1) is 0 Å². The Labute approximate surface area is 90.1 Å². The van der Waals surface area contributed by atoms with Crippen LogP contribution in [0.2, 0.25) is 0 Å². The molecule has 1 amide bonds. The van der Waals surface area contributed by atoms with Gasteiger partial charge in [0.05, 0.1) is 13.1 Å². The molecule has 88 valence electrons. The third-order valence-corrected chi connectivity index (χ3v) is 2.64. The summed E-state index contributed by atoms with van der Waals surface area (Å²) in [5.74, 6) is -0.506. The van der Waals surface area contributed by atoms with Crippen LogP contribution >= 0.6 is 11.6 Å². The minimum atomic E-state index is -4.46. The number of amides is 1. The van der Waals surface area contributed by atoms with E-state index in [1.807, 2.05) is 0 Å². The summed E-state index contributed by atoms with van der Waals surface area (Å²) in [5, 5.41) is -0.812. The highest BCUT2D eigenvalue weighted by molar-refractivity contribution is 6.30. The van der Waals surface area contributed by atoms with Crippen molar-refractivity contribution < 1.29 is 22.7 Å². The van der Waals surface area contributed by atoms with Crippen molar-refractivity contribution in [3.8, 4) is 0 Å². The van der Waals surface area contributed by atoms with Crippen molar-refractivity contribution in [1.29, 1.82) is 0 Å². The first kappa shape index (κ1) is 12.6. The van der Waals surface area contributed by atoms with E-state index < -0.39 is 36.2 Å². The van der Waals surface area contributed by atoms with Crippen molar-refractivity contribution in [3.05, 3.63) is 0 Å². The molecule has 0 aromatic rings. The molecular weight excluding hydrogens is 235 g/mol. The lowest BCUT2D eigenvalue weighted by atomic mass is 9.92. The predicted molar refractivity (Wildman–Crippen MR) is 47.7 cm³/mol. The molecule has 1 fully saturated rings. The molecule has 0 aromatic carbocycles. The number of carbonyl (C=O) groups excluding carboxylic acids is 1. The fraction of sp³-hybridized carbons (Fsp3) is 0.875. The van der Waals surface area contributed by atoms with Crippen LogP contribution in [0.15, 0.2) is 0 Å². The molecule has 15 heavy (non-hydrogen) atoms. The molecule has 0 saturated carbocycles. The van der Waals surface area contributed by atoms with Crippen LogP contribution in [0.3, 0.4) is 0 Å². The van der Waals surface area contributed by atoms with Gasteiger partial charge in [0.15, 0.2) is 5.60 Å². The molecule has 1 aliphatic rings. The van der Waals surface area contributed by atoms with Crippen molar-refractivity contribution >= 4 is 17.5 Å². The second-order valence-electron chi connectivity index (χ2n) is 3.51. The van der Waals surface area contributed by atoms with Crippen LogP contribution in [0.5, 0.6) is 0 Å². The number of alkyl halides is 4. The van der Waals surface area contributed by atoms with E-state index in [9.17, 15) is 18.0 Å². The molecule has 0 spiro atoms. The Bertz CT molecular complexity index is 261. The maximum atomic E-state index is 12.5. The molecule has 3 nitrogen and oxygen atoms in total. The molecule has 0 N–H and O–H groups in total. The summed E-state index contributed by atoms with van der Waals surface area (Å²) in [7, 11) is 0.986. The number of ether oxygens (including phenoxy) is 1. The van der Waals surface area contributed by atoms with Crippen molar-refractivity contribution in [1.82, 2.24) is 4.90 Å². The van der Waals surface area contributed by atoms with Crippen LogP contribution < -0.4 is 0 Å². The van der Waals surface area contributed by atoms with Gasteiger partial charge in [-0.3, -0.25) is 4.79 Å². The van der Waals surface area contributed by atoms with E-state index in [1.54, 1.807) is 0 Å². The van der Waals surface area contributed by atoms with Gasteiger partial charge in [0, 0.05) is 7.11 Å². The third-order valence-electron chi connectivity index (χ3n) is 2.45. The van der Waals surface area contributed by atoms with Crippen LogP contribution in [0.4, 0.5) is 13.2 Å². The second-order valence-corrected chi connectivity index (χ2v) is 4.16. The maximum Gasteiger partial charge on any atom is 0.420 e. The van der Waals surface area contributed by atoms with Gasteiger partial charge in [0.25, 0.3) is 0 Å². The summed E-state index contributed by atoms with van der Waals surface area (Å²) in [6.07, 6.45) is -4.46. The van der Waals surface area contributed by atoms with Gasteiger partial charge < -0.3 is 9.64 Å². The molecule has 1 saturated heterocycles. The summed E-state index contributed by atoms with van der Waals surface area (Å²) in [4.78, 5) is 12.3. The van der Waals surface area contributed by atoms with Gasteiger partial charge >= 0.3 is 6.18 Å². The van der Waals surface area contributed by atoms with Crippen LogP contribution in [-0.4, -0.2) is 48.2 Å². The number of halogens is 4. The lowest BCUT2D eigenvalue weighted by molar-refractivity contribution is -0.306. The van der Waals surface area contributed by atoms with Gasteiger partial charge in [0.1, 0.15) is 5.38 Å². The van der Waals surface area contributed by atoms with Crippen LogP contribution in [-0.2, 0) is 9.53 Å². The van der Waals surface area contributed by atoms with E-state index in [4.69, 9.17) is 11.6 Å². The number of hydrogen-bond acceptors (Lipinski definition) is 2. The normalized spacial score (nSPS) is 22.1. The standard InChI is InChI=1S/C8H11ClF3NO2/c1-5(9)6(14)13-3-7(4-13,15-2)8(10,11)12/h5H,3-4H2,1-2H3/t5-/m1/s1. The molecule has 0 bridgehead atoms. The number of methoxy groups -OCH3 is 1. The smallest absolute Gasteiger partial charge is 0.365 e. The fourth-order valence-corrected chi connectivity index (χ4v) is 1.54. The summed E-state index contributed by atoms with van der Waals surface area (Å²) in [5.41, 5.74) is -2.21. The van der Waals surface area contributed by atoms with E-state index in [0.717, 1.165) is 12.0 Å². The molecule has 7 heteroatoms. The van der Waals surface area contributed by atoms with E-state index in [1.165, 1.54) is 6.92 Å². The molecule has 1 aliphatic heterocycles. The molecule has 0 unspecified atom stereocenters. The van der Waals surface area contributed by atoms with Gasteiger partial charge in [-0.2, -0.15) is 13.2 Å². The monoisotopic (exact) mass is 245 g/mol. The SMILES string of the molecule is COC1(C(F)(F)F)CN(C(=O)[C@@H](C)Cl)C1. The lowest BCUT2D eigenvalue weighted by Crippen LogP contribution is -2.71. The highest BCUT2D eigenvalue weighted by Crippen LogP contribution is 2.40. The summed E-state index contributed by atoms with van der Waals surface area (Å²) in [6, 6.07) is 0. The number of carbonyl (C=O) groups is 1. The van der Waals surface area contributed by atoms with Crippen molar-refractivity contribution in [2.45, 2.75) is 24.1 Å². The zero-order chi connectivity index (χ0) is 11.9. The van der Waals surface area contributed by atoms with E-state index in [2.05, 4.69) is 4.74 Å². The lowest BCUT2D eigenvalue weighted by Gasteiger charge is -2.49. The Morgan fingerprint density at radius 2 is 2.00 bits per heavy atom. The zero-order valence-corrected chi connectivity index (χ0v) is 9.02. The Balaban J connectivity index is 2.64. The topological polar surface area (TPSA) is 29.5 Å². The number of nitrogens with zero attached hydrogens (tertiary/aromatic N) is 1. The Hall–Kier alpha value is -0.490. The van der Waals surface area contributed by atoms with Gasteiger partial charge in [-0.15, -0.1) is 11.6 Å². The first-order chi connectivity index (χ1) is 6.73. The molecule has 1 heterocycles. The number of likely N-dealkylation sites (tertiary alicyclic amines) is 1. The van der Waals surface area contributed by atoms with E-state index in [0.29, 0.717) is 0 Å². The summed E-state index contributed by atoms with van der Waals surface area (Å²) >= 11 is 5.47. The highest BCUT2D eigenvalue weighted by atomic mass is 35.5. The van der Waals surface area contributed by atoms with Crippen molar-refractivity contribution in [2.24, 2.45) is 0 Å². The van der Waals surface area contributed by atoms with Gasteiger partial charge in [0.2, 0.25) is 5.91 Å². The Kier molecular flexibility index (Phi) is 3.21. The van der Waals surface area contributed by atoms with Gasteiger partial charge in [-0.1, -0.05) is 0 Å². The largest absolute Gasteiger partial charge is 0.420 e. The average molecular weight is 246 g/mol. The molecule has 0 aromatic heterocycles. The average Bonchev–Trinajstić information content (AvgIpc) is 1.99.